The number of hydrogen-bond acceptors (Lipinski definition) is 5. The molecule has 0 aliphatic carbocycles. The lowest BCUT2D eigenvalue weighted by Crippen LogP contribution is -2.13. The van der Waals surface area contributed by atoms with Crippen LogP contribution >= 0.6 is 11.6 Å². The van der Waals surface area contributed by atoms with Gasteiger partial charge in [-0.3, -0.25) is 0 Å². The largest absolute Gasteiger partial charge is 0.339 e. The maximum atomic E-state index is 6.24. The van der Waals surface area contributed by atoms with Gasteiger partial charge >= 0.3 is 0 Å². The van der Waals surface area contributed by atoms with E-state index in [9.17, 15) is 0 Å². The fraction of sp³-hybridized carbons (Fsp3) is 0.286. The average molecular weight is 292 g/mol. The van der Waals surface area contributed by atoms with Gasteiger partial charge in [-0.25, -0.2) is 15.8 Å². The topological polar surface area (TPSA) is 75.9 Å². The van der Waals surface area contributed by atoms with Crippen LogP contribution in [0.5, 0.6) is 0 Å². The molecule has 6 heteroatoms. The summed E-state index contributed by atoms with van der Waals surface area (Å²) in [5.41, 5.74) is 5.49. The summed E-state index contributed by atoms with van der Waals surface area (Å²) in [5.74, 6) is 6.85. The molecule has 20 heavy (non-hydrogen) atoms. The Morgan fingerprint density at radius 1 is 1.25 bits per heavy atom. The van der Waals surface area contributed by atoms with Gasteiger partial charge in [0, 0.05) is 5.56 Å². The molecule has 0 saturated carbocycles. The first-order valence-corrected chi connectivity index (χ1v) is 6.87. The van der Waals surface area contributed by atoms with Crippen molar-refractivity contribution < 1.29 is 0 Å². The van der Waals surface area contributed by atoms with E-state index in [2.05, 4.69) is 27.6 Å². The molecule has 2 rings (SSSR count). The van der Waals surface area contributed by atoms with E-state index in [0.29, 0.717) is 10.8 Å². The Balaban J connectivity index is 2.37. The van der Waals surface area contributed by atoms with Crippen molar-refractivity contribution in [2.75, 3.05) is 10.7 Å². The molecule has 1 aromatic heterocycles. The highest BCUT2D eigenvalue weighted by molar-refractivity contribution is 6.33. The van der Waals surface area contributed by atoms with Gasteiger partial charge in [-0.05, 0) is 31.0 Å². The van der Waals surface area contributed by atoms with Crippen molar-refractivity contribution in [3.63, 3.8) is 0 Å². The van der Waals surface area contributed by atoms with Crippen LogP contribution in [0, 0.1) is 6.92 Å². The highest BCUT2D eigenvalue weighted by Gasteiger charge is 2.11. The van der Waals surface area contributed by atoms with Crippen molar-refractivity contribution in [2.24, 2.45) is 5.84 Å². The van der Waals surface area contributed by atoms with Gasteiger partial charge in [0.25, 0.3) is 0 Å². The SMILES string of the molecule is CCCc1c(NN)ncnc1Nc1ccc(C)cc1Cl. The molecule has 0 aliphatic rings. The first-order valence-electron chi connectivity index (χ1n) is 6.49. The molecule has 2 aromatic rings. The van der Waals surface area contributed by atoms with Gasteiger partial charge in [0.1, 0.15) is 18.0 Å². The third-order valence-electron chi connectivity index (χ3n) is 2.96. The Morgan fingerprint density at radius 3 is 2.65 bits per heavy atom. The van der Waals surface area contributed by atoms with Crippen LogP contribution in [0.2, 0.25) is 5.02 Å². The van der Waals surface area contributed by atoms with E-state index in [1.807, 2.05) is 25.1 Å². The predicted octanol–water partition coefficient (Wildman–Crippen LogP) is 3.42. The van der Waals surface area contributed by atoms with Gasteiger partial charge in [0.15, 0.2) is 0 Å². The van der Waals surface area contributed by atoms with Gasteiger partial charge in [-0.2, -0.15) is 0 Å². The minimum Gasteiger partial charge on any atom is -0.339 e. The Hall–Kier alpha value is -1.85. The zero-order valence-electron chi connectivity index (χ0n) is 11.6. The highest BCUT2D eigenvalue weighted by Crippen LogP contribution is 2.29. The molecule has 1 aromatic carbocycles. The van der Waals surface area contributed by atoms with E-state index in [1.165, 1.54) is 6.33 Å². The van der Waals surface area contributed by atoms with Crippen LogP contribution in [-0.2, 0) is 6.42 Å². The molecule has 1 heterocycles. The maximum Gasteiger partial charge on any atom is 0.148 e. The lowest BCUT2D eigenvalue weighted by Gasteiger charge is -2.14. The minimum absolute atomic E-state index is 0.632. The van der Waals surface area contributed by atoms with E-state index in [-0.39, 0.29) is 0 Å². The summed E-state index contributed by atoms with van der Waals surface area (Å²) in [5, 5.41) is 3.91. The highest BCUT2D eigenvalue weighted by atomic mass is 35.5. The van der Waals surface area contributed by atoms with Crippen LogP contribution < -0.4 is 16.6 Å². The predicted molar refractivity (Wildman–Crippen MR) is 83.3 cm³/mol. The first-order chi connectivity index (χ1) is 9.65. The maximum absolute atomic E-state index is 6.24. The lowest BCUT2D eigenvalue weighted by atomic mass is 10.1. The Labute approximate surface area is 123 Å². The van der Waals surface area contributed by atoms with Gasteiger partial charge in [0.2, 0.25) is 0 Å². The molecule has 0 atom stereocenters. The van der Waals surface area contributed by atoms with Crippen LogP contribution in [0.25, 0.3) is 0 Å². The number of aromatic nitrogens is 2. The molecule has 106 valence electrons. The number of rotatable bonds is 5. The molecule has 0 bridgehead atoms. The normalized spacial score (nSPS) is 10.4. The fourth-order valence-electron chi connectivity index (χ4n) is 1.98. The fourth-order valence-corrected chi connectivity index (χ4v) is 2.26. The Morgan fingerprint density at radius 2 is 2.00 bits per heavy atom. The average Bonchev–Trinajstić information content (AvgIpc) is 2.43. The Bertz CT molecular complexity index is 600. The second-order valence-electron chi connectivity index (χ2n) is 4.55. The van der Waals surface area contributed by atoms with Crippen molar-refractivity contribution in [3.05, 3.63) is 40.7 Å². The van der Waals surface area contributed by atoms with Gasteiger partial charge < -0.3 is 10.7 Å². The molecular weight excluding hydrogens is 274 g/mol. The monoisotopic (exact) mass is 291 g/mol. The van der Waals surface area contributed by atoms with Crippen molar-refractivity contribution in [3.8, 4) is 0 Å². The molecule has 0 spiro atoms. The summed E-state index contributed by atoms with van der Waals surface area (Å²) in [6, 6.07) is 5.84. The number of aryl methyl sites for hydroxylation is 1. The zero-order valence-corrected chi connectivity index (χ0v) is 12.3. The van der Waals surface area contributed by atoms with Crippen LogP contribution in [-0.4, -0.2) is 9.97 Å². The number of hydrazine groups is 1. The lowest BCUT2D eigenvalue weighted by molar-refractivity contribution is 0.903. The second-order valence-corrected chi connectivity index (χ2v) is 4.96. The molecule has 0 fully saturated rings. The van der Waals surface area contributed by atoms with Crippen LogP contribution in [0.3, 0.4) is 0 Å². The molecule has 0 amide bonds. The molecule has 0 aliphatic heterocycles. The van der Waals surface area contributed by atoms with Gasteiger partial charge in [-0.1, -0.05) is 31.0 Å². The summed E-state index contributed by atoms with van der Waals surface area (Å²) in [6.45, 7) is 4.09. The summed E-state index contributed by atoms with van der Waals surface area (Å²) < 4.78 is 0. The smallest absolute Gasteiger partial charge is 0.148 e. The summed E-state index contributed by atoms with van der Waals surface area (Å²) >= 11 is 6.24. The van der Waals surface area contributed by atoms with Gasteiger partial charge in [-0.15, -0.1) is 0 Å². The van der Waals surface area contributed by atoms with E-state index >= 15 is 0 Å². The molecule has 0 saturated heterocycles. The van der Waals surface area contributed by atoms with Crippen LogP contribution in [0.15, 0.2) is 24.5 Å². The number of nitrogens with one attached hydrogen (secondary N) is 2. The molecule has 0 unspecified atom stereocenters. The molecule has 5 nitrogen and oxygen atoms in total. The van der Waals surface area contributed by atoms with E-state index in [1.54, 1.807) is 0 Å². The number of anilines is 3. The van der Waals surface area contributed by atoms with Crippen molar-refractivity contribution in [2.45, 2.75) is 26.7 Å². The number of benzene rings is 1. The summed E-state index contributed by atoms with van der Waals surface area (Å²) in [6.07, 6.45) is 3.27. The standard InChI is InChI=1S/C14H18ClN5/c1-3-4-10-13(17-8-18-14(10)20-16)19-12-6-5-9(2)7-11(12)15/h5-8H,3-4,16H2,1-2H3,(H2,17,18,19,20). The van der Waals surface area contributed by atoms with Crippen molar-refractivity contribution in [1.29, 1.82) is 0 Å². The first kappa shape index (κ1) is 14.6. The second kappa shape index (κ2) is 6.54. The van der Waals surface area contributed by atoms with Crippen molar-refractivity contribution in [1.82, 2.24) is 9.97 Å². The number of hydrogen-bond donors (Lipinski definition) is 3. The zero-order chi connectivity index (χ0) is 14.5. The number of nitrogen functional groups attached to an aromatic ring is 1. The van der Waals surface area contributed by atoms with Gasteiger partial charge in [0.05, 0.1) is 10.7 Å². The van der Waals surface area contributed by atoms with Crippen LogP contribution in [0.4, 0.5) is 17.3 Å². The Kier molecular flexibility index (Phi) is 4.76. The summed E-state index contributed by atoms with van der Waals surface area (Å²) in [4.78, 5) is 8.42. The third kappa shape index (κ3) is 3.18. The van der Waals surface area contributed by atoms with E-state index in [4.69, 9.17) is 17.4 Å². The molecular formula is C14H18ClN5. The van der Waals surface area contributed by atoms with E-state index < -0.39 is 0 Å². The number of nitrogens with two attached hydrogens (primary N) is 1. The quantitative estimate of drug-likeness (QED) is 0.581. The van der Waals surface area contributed by atoms with E-state index in [0.717, 1.165) is 35.5 Å². The molecule has 0 radical (unpaired) electrons. The number of halogens is 1. The summed E-state index contributed by atoms with van der Waals surface area (Å²) in [7, 11) is 0. The minimum atomic E-state index is 0.632. The van der Waals surface area contributed by atoms with Crippen molar-refractivity contribution >= 4 is 28.9 Å². The van der Waals surface area contributed by atoms with Crippen LogP contribution in [0.1, 0.15) is 24.5 Å². The number of nitrogens with zero attached hydrogens (tertiary/aromatic N) is 2. The third-order valence-corrected chi connectivity index (χ3v) is 3.27. The molecule has 4 N–H and O–H groups in total.